The minimum absolute atomic E-state index is 0.217. The molecule has 0 aliphatic carbocycles. The summed E-state index contributed by atoms with van der Waals surface area (Å²) in [7, 11) is 3.71. The van der Waals surface area contributed by atoms with Gasteiger partial charge in [0.15, 0.2) is 5.13 Å². The number of aliphatic hydroxyl groups is 1. The van der Waals surface area contributed by atoms with Crippen LogP contribution < -0.4 is 10.6 Å². The average Bonchev–Trinajstić information content (AvgIpc) is 3.08. The molecule has 9 heteroatoms. The van der Waals surface area contributed by atoms with Crippen LogP contribution in [-0.4, -0.2) is 57.4 Å². The molecule has 0 aliphatic rings. The van der Waals surface area contributed by atoms with E-state index in [0.29, 0.717) is 5.95 Å². The zero-order chi connectivity index (χ0) is 21.0. The van der Waals surface area contributed by atoms with Gasteiger partial charge in [-0.3, -0.25) is 4.90 Å². The molecule has 3 rings (SSSR count). The monoisotopic (exact) mass is 432 g/mol. The number of thiazole rings is 1. The Morgan fingerprint density at radius 2 is 1.83 bits per heavy atom. The summed E-state index contributed by atoms with van der Waals surface area (Å²) >= 11 is 3.23. The molecule has 0 saturated heterocycles. The molecule has 2 aromatic heterocycles. The molecular weight excluding hydrogens is 404 g/mol. The minimum atomic E-state index is -0.615. The van der Waals surface area contributed by atoms with Gasteiger partial charge in [-0.25, -0.2) is 15.0 Å². The smallest absolute Gasteiger partial charge is 0.222 e. The fourth-order valence-electron chi connectivity index (χ4n) is 3.04. The second-order valence-electron chi connectivity index (χ2n) is 7.36. The van der Waals surface area contributed by atoms with Gasteiger partial charge < -0.3 is 15.7 Å². The number of thioether (sulfide) groups is 1. The van der Waals surface area contributed by atoms with Crippen molar-refractivity contribution in [1.82, 2.24) is 19.9 Å². The second-order valence-corrected chi connectivity index (χ2v) is 9.27. The van der Waals surface area contributed by atoms with E-state index in [4.69, 9.17) is 0 Å². The Balaban J connectivity index is 1.59. The fourth-order valence-corrected chi connectivity index (χ4v) is 4.38. The van der Waals surface area contributed by atoms with Crippen molar-refractivity contribution in [2.24, 2.45) is 0 Å². The first kappa shape index (κ1) is 21.8. The molecule has 1 aromatic carbocycles. The van der Waals surface area contributed by atoms with Crippen LogP contribution in [0.25, 0.3) is 10.2 Å². The molecule has 3 aromatic rings. The van der Waals surface area contributed by atoms with Crippen molar-refractivity contribution < 1.29 is 5.11 Å². The summed E-state index contributed by atoms with van der Waals surface area (Å²) in [5, 5.41) is 18.0. The van der Waals surface area contributed by atoms with E-state index < -0.39 is 6.23 Å². The molecule has 156 valence electrons. The molecule has 0 saturated carbocycles. The molecule has 0 bridgehead atoms. The fraction of sp³-hybridized carbons (Fsp3) is 0.450. The molecule has 0 fully saturated rings. The highest BCUT2D eigenvalue weighted by molar-refractivity contribution is 7.98. The van der Waals surface area contributed by atoms with Crippen LogP contribution in [0.2, 0.25) is 0 Å². The van der Waals surface area contributed by atoms with E-state index in [2.05, 4.69) is 39.4 Å². The van der Waals surface area contributed by atoms with Crippen molar-refractivity contribution in [2.75, 3.05) is 31.0 Å². The number of anilines is 2. The van der Waals surface area contributed by atoms with Gasteiger partial charge in [0.1, 0.15) is 6.23 Å². The first-order valence-electron chi connectivity index (χ1n) is 9.49. The first-order valence-corrected chi connectivity index (χ1v) is 11.5. The Hall–Kier alpha value is -1.94. The van der Waals surface area contributed by atoms with Crippen LogP contribution in [-0.2, 0) is 0 Å². The van der Waals surface area contributed by atoms with Gasteiger partial charge >= 0.3 is 0 Å². The average molecular weight is 433 g/mol. The molecule has 3 atom stereocenters. The summed E-state index contributed by atoms with van der Waals surface area (Å²) in [5.41, 5.74) is 1.81. The molecule has 29 heavy (non-hydrogen) atoms. The maximum Gasteiger partial charge on any atom is 0.222 e. The molecule has 2 heterocycles. The van der Waals surface area contributed by atoms with Crippen LogP contribution in [0.5, 0.6) is 0 Å². The topological polar surface area (TPSA) is 86.2 Å². The van der Waals surface area contributed by atoms with Crippen molar-refractivity contribution in [3.63, 3.8) is 0 Å². The lowest BCUT2D eigenvalue weighted by molar-refractivity contribution is 0.0396. The van der Waals surface area contributed by atoms with Gasteiger partial charge in [0.2, 0.25) is 5.95 Å². The van der Waals surface area contributed by atoms with Gasteiger partial charge in [-0.15, -0.1) is 11.8 Å². The van der Waals surface area contributed by atoms with Gasteiger partial charge in [0.25, 0.3) is 0 Å². The summed E-state index contributed by atoms with van der Waals surface area (Å²) in [6.45, 7) is 4.26. The van der Waals surface area contributed by atoms with E-state index in [9.17, 15) is 5.11 Å². The molecule has 0 aliphatic heterocycles. The highest BCUT2D eigenvalue weighted by Crippen LogP contribution is 2.29. The molecule has 7 nitrogen and oxygen atoms in total. The number of benzene rings is 1. The van der Waals surface area contributed by atoms with E-state index in [1.54, 1.807) is 28.0 Å². The largest absolute Gasteiger partial charge is 0.374 e. The lowest BCUT2D eigenvalue weighted by Crippen LogP contribution is -2.26. The summed E-state index contributed by atoms with van der Waals surface area (Å²) in [4.78, 5) is 16.2. The number of fused-ring (bicyclic) bond motifs is 1. The van der Waals surface area contributed by atoms with Gasteiger partial charge in [-0.05, 0) is 58.3 Å². The van der Waals surface area contributed by atoms with E-state index >= 15 is 0 Å². The third-order valence-corrected chi connectivity index (χ3v) is 6.15. The molecule has 1 unspecified atom stereocenters. The van der Waals surface area contributed by atoms with E-state index in [0.717, 1.165) is 32.2 Å². The highest BCUT2D eigenvalue weighted by atomic mass is 32.2. The number of nitrogens with one attached hydrogen (secondary N) is 2. The number of aromatic nitrogens is 3. The van der Waals surface area contributed by atoms with Gasteiger partial charge in [0, 0.05) is 29.4 Å². The van der Waals surface area contributed by atoms with Crippen LogP contribution in [0.4, 0.5) is 11.1 Å². The third-order valence-electron chi connectivity index (χ3n) is 4.52. The maximum atomic E-state index is 10.2. The standard InChI is InChI=1S/C20H28N6OS2/c1-12(23-19-21-10-15(28-5)11-22-19)8-13(2)24-20-25-16-7-6-14(9-17(16)29-20)18(27)26(3)4/h6-7,9-13,18,27H,8H2,1-5H3,(H,24,25)(H,21,22,23)/t12-,13-,18?/m0/s1. The maximum absolute atomic E-state index is 10.2. The summed E-state index contributed by atoms with van der Waals surface area (Å²) in [6.07, 6.45) is 5.95. The molecule has 0 spiro atoms. The normalized spacial score (nSPS) is 14.7. The molecule has 0 radical (unpaired) electrons. The zero-order valence-electron chi connectivity index (χ0n) is 17.4. The van der Waals surface area contributed by atoms with E-state index in [-0.39, 0.29) is 12.1 Å². The van der Waals surface area contributed by atoms with Crippen molar-refractivity contribution in [2.45, 2.75) is 43.5 Å². The van der Waals surface area contributed by atoms with Crippen LogP contribution in [0.1, 0.15) is 32.1 Å². The second kappa shape index (κ2) is 9.71. The Morgan fingerprint density at radius 3 is 2.48 bits per heavy atom. The lowest BCUT2D eigenvalue weighted by Gasteiger charge is -2.19. The highest BCUT2D eigenvalue weighted by Gasteiger charge is 2.14. The lowest BCUT2D eigenvalue weighted by atomic mass is 10.1. The number of aliphatic hydroxyl groups excluding tert-OH is 1. The van der Waals surface area contributed by atoms with E-state index in [1.165, 1.54) is 0 Å². The molecule has 3 N–H and O–H groups in total. The molecule has 0 amide bonds. The number of rotatable bonds is 9. The van der Waals surface area contributed by atoms with Crippen molar-refractivity contribution in [1.29, 1.82) is 0 Å². The Kier molecular flexibility index (Phi) is 7.28. The summed E-state index contributed by atoms with van der Waals surface area (Å²) in [6, 6.07) is 6.34. The quantitative estimate of drug-likeness (QED) is 0.345. The van der Waals surface area contributed by atoms with Crippen molar-refractivity contribution >= 4 is 44.4 Å². The number of hydrogen-bond acceptors (Lipinski definition) is 9. The van der Waals surface area contributed by atoms with Gasteiger partial charge in [-0.2, -0.15) is 0 Å². The number of nitrogens with zero attached hydrogens (tertiary/aromatic N) is 4. The van der Waals surface area contributed by atoms with Gasteiger partial charge in [0.05, 0.1) is 10.2 Å². The summed E-state index contributed by atoms with van der Waals surface area (Å²) in [5.74, 6) is 0.648. The minimum Gasteiger partial charge on any atom is -0.374 e. The Morgan fingerprint density at radius 1 is 1.14 bits per heavy atom. The van der Waals surface area contributed by atoms with Crippen LogP contribution >= 0.6 is 23.1 Å². The van der Waals surface area contributed by atoms with Crippen LogP contribution in [0, 0.1) is 0 Å². The Labute approximate surface area is 180 Å². The SMILES string of the molecule is CSc1cnc(N[C@@H](C)C[C@H](C)Nc2nc3ccc(C(O)N(C)C)cc3s2)nc1. The molecular formula is C20H28N6OS2. The van der Waals surface area contributed by atoms with Crippen LogP contribution in [0.15, 0.2) is 35.5 Å². The zero-order valence-corrected chi connectivity index (χ0v) is 19.0. The van der Waals surface area contributed by atoms with Gasteiger partial charge in [-0.1, -0.05) is 17.4 Å². The number of hydrogen-bond donors (Lipinski definition) is 3. The summed E-state index contributed by atoms with van der Waals surface area (Å²) < 4.78 is 1.06. The predicted molar refractivity (Wildman–Crippen MR) is 123 cm³/mol. The first-order chi connectivity index (χ1) is 13.9. The van der Waals surface area contributed by atoms with Crippen LogP contribution in [0.3, 0.4) is 0 Å². The van der Waals surface area contributed by atoms with Crippen molar-refractivity contribution in [3.05, 3.63) is 36.2 Å². The van der Waals surface area contributed by atoms with E-state index in [1.807, 2.05) is 50.9 Å². The van der Waals surface area contributed by atoms with Crippen molar-refractivity contribution in [3.8, 4) is 0 Å². The predicted octanol–water partition coefficient (Wildman–Crippen LogP) is 4.05. The Bertz CT molecular complexity index is 930. The third kappa shape index (κ3) is 5.79.